The van der Waals surface area contributed by atoms with Crippen molar-refractivity contribution in [3.63, 3.8) is 0 Å². The Morgan fingerprint density at radius 2 is 2.11 bits per heavy atom. The number of hydrogen-bond donors (Lipinski definition) is 0. The Balaban J connectivity index is 1.84. The SMILES string of the molecule is C=NC1=NC2(C(=O)N1C)c1cc(COCC)ccc1CC21CCC(OC)CC1. The lowest BCUT2D eigenvalue weighted by atomic mass is 9.61. The normalized spacial score (nSPS) is 31.5. The van der Waals surface area contributed by atoms with Gasteiger partial charge in [-0.2, -0.15) is 0 Å². The van der Waals surface area contributed by atoms with E-state index in [0.29, 0.717) is 19.2 Å². The third-order valence-corrected chi connectivity index (χ3v) is 6.88. The molecular weight excluding hydrogens is 354 g/mol. The first kappa shape index (κ1) is 19.3. The third kappa shape index (κ3) is 2.58. The van der Waals surface area contributed by atoms with Gasteiger partial charge in [0.25, 0.3) is 5.91 Å². The molecule has 0 N–H and O–H groups in total. The van der Waals surface area contributed by atoms with Gasteiger partial charge in [0, 0.05) is 26.2 Å². The number of carbonyl (C=O) groups excluding carboxylic acids is 1. The highest BCUT2D eigenvalue weighted by atomic mass is 16.5. The molecule has 0 bridgehead atoms. The summed E-state index contributed by atoms with van der Waals surface area (Å²) in [5, 5.41) is 0. The van der Waals surface area contributed by atoms with E-state index in [0.717, 1.165) is 43.2 Å². The van der Waals surface area contributed by atoms with Gasteiger partial charge in [-0.1, -0.05) is 18.2 Å². The molecular formula is C22H29N3O3. The van der Waals surface area contributed by atoms with Crippen molar-refractivity contribution in [1.82, 2.24) is 4.90 Å². The first-order valence-electron chi connectivity index (χ1n) is 10.1. The number of aliphatic imine (C=N–C) groups is 2. The molecule has 0 radical (unpaired) electrons. The zero-order chi connectivity index (χ0) is 19.9. The average Bonchev–Trinajstić information content (AvgIpc) is 3.14. The highest BCUT2D eigenvalue weighted by molar-refractivity contribution is 6.09. The topological polar surface area (TPSA) is 63.5 Å². The van der Waals surface area contributed by atoms with E-state index >= 15 is 0 Å². The summed E-state index contributed by atoms with van der Waals surface area (Å²) in [6.45, 7) is 6.83. The summed E-state index contributed by atoms with van der Waals surface area (Å²) in [6.07, 6.45) is 4.84. The molecule has 1 amide bonds. The number of fused-ring (bicyclic) bond motifs is 3. The second-order valence-corrected chi connectivity index (χ2v) is 8.17. The number of ether oxygens (including phenoxy) is 2. The van der Waals surface area contributed by atoms with Crippen LogP contribution >= 0.6 is 0 Å². The molecule has 6 heteroatoms. The molecule has 28 heavy (non-hydrogen) atoms. The fourth-order valence-electron chi connectivity index (χ4n) is 5.39. The maximum atomic E-state index is 13.7. The van der Waals surface area contributed by atoms with E-state index in [4.69, 9.17) is 14.5 Å². The molecule has 1 unspecified atom stereocenters. The van der Waals surface area contributed by atoms with E-state index in [1.165, 1.54) is 5.56 Å². The smallest absolute Gasteiger partial charge is 0.262 e. The quantitative estimate of drug-likeness (QED) is 0.751. The van der Waals surface area contributed by atoms with Crippen LogP contribution in [-0.2, 0) is 32.8 Å². The van der Waals surface area contributed by atoms with E-state index in [1.54, 1.807) is 19.1 Å². The van der Waals surface area contributed by atoms with Crippen LogP contribution in [0.3, 0.4) is 0 Å². The van der Waals surface area contributed by atoms with Gasteiger partial charge in [0.15, 0.2) is 5.54 Å². The summed E-state index contributed by atoms with van der Waals surface area (Å²) in [4.78, 5) is 24.3. The predicted octanol–water partition coefficient (Wildman–Crippen LogP) is 3.08. The lowest BCUT2D eigenvalue weighted by Gasteiger charge is -2.45. The van der Waals surface area contributed by atoms with Crippen molar-refractivity contribution in [2.75, 3.05) is 20.8 Å². The lowest BCUT2D eigenvalue weighted by molar-refractivity contribution is -0.137. The van der Waals surface area contributed by atoms with Crippen LogP contribution in [0.25, 0.3) is 0 Å². The second kappa shape index (κ2) is 7.08. The first-order valence-corrected chi connectivity index (χ1v) is 10.1. The minimum atomic E-state index is -0.908. The number of rotatable bonds is 4. The van der Waals surface area contributed by atoms with Crippen LogP contribution in [0.1, 0.15) is 49.3 Å². The summed E-state index contributed by atoms with van der Waals surface area (Å²) in [5.41, 5.74) is 2.18. The van der Waals surface area contributed by atoms with Crippen molar-refractivity contribution in [2.24, 2.45) is 15.4 Å². The summed E-state index contributed by atoms with van der Waals surface area (Å²) < 4.78 is 11.2. The summed E-state index contributed by atoms with van der Waals surface area (Å²) in [7, 11) is 3.52. The Morgan fingerprint density at radius 1 is 1.36 bits per heavy atom. The number of hydrogen-bond acceptors (Lipinski definition) is 5. The molecule has 6 nitrogen and oxygen atoms in total. The summed E-state index contributed by atoms with van der Waals surface area (Å²) in [5.74, 6) is 0.430. The van der Waals surface area contributed by atoms with E-state index in [9.17, 15) is 4.79 Å². The maximum Gasteiger partial charge on any atom is 0.262 e. The molecule has 2 spiro atoms. The molecule has 2 aliphatic carbocycles. The number of methoxy groups -OCH3 is 1. The first-order chi connectivity index (χ1) is 13.5. The summed E-state index contributed by atoms with van der Waals surface area (Å²) in [6, 6.07) is 6.40. The second-order valence-electron chi connectivity index (χ2n) is 8.17. The number of carbonyl (C=O) groups is 1. The highest BCUT2D eigenvalue weighted by Crippen LogP contribution is 2.62. The standard InChI is InChI=1S/C22H29N3O3/c1-5-28-14-15-6-7-16-13-21(10-8-17(27-4)9-11-21)22(18(16)12-15)19(26)25(3)20(23-2)24-22/h6-7,12,17H,2,5,8-11,13-14H2,1,3-4H3. The number of likely N-dealkylation sites (N-methyl/N-ethyl adjacent to an activating group) is 1. The van der Waals surface area contributed by atoms with E-state index < -0.39 is 5.54 Å². The van der Waals surface area contributed by atoms with Crippen LogP contribution in [-0.4, -0.2) is 50.4 Å². The van der Waals surface area contributed by atoms with Gasteiger partial charge in [-0.05, 0) is 62.4 Å². The number of amides is 1. The van der Waals surface area contributed by atoms with Crippen molar-refractivity contribution in [2.45, 2.75) is 57.3 Å². The van der Waals surface area contributed by atoms with Crippen LogP contribution < -0.4 is 0 Å². The van der Waals surface area contributed by atoms with Crippen molar-refractivity contribution < 1.29 is 14.3 Å². The Bertz CT molecular complexity index is 826. The molecule has 0 aromatic heterocycles. The van der Waals surface area contributed by atoms with E-state index in [-0.39, 0.29) is 17.4 Å². The van der Waals surface area contributed by atoms with Gasteiger partial charge in [0.2, 0.25) is 5.96 Å². The average molecular weight is 383 g/mol. The number of guanidine groups is 1. The number of nitrogens with zero attached hydrogens (tertiary/aromatic N) is 3. The van der Waals surface area contributed by atoms with Gasteiger partial charge in [-0.15, -0.1) is 0 Å². The number of benzene rings is 1. The molecule has 4 rings (SSSR count). The van der Waals surface area contributed by atoms with Crippen LogP contribution in [0.15, 0.2) is 28.2 Å². The van der Waals surface area contributed by atoms with Crippen molar-refractivity contribution >= 4 is 18.6 Å². The van der Waals surface area contributed by atoms with Crippen LogP contribution in [0, 0.1) is 5.41 Å². The molecule has 1 atom stereocenters. The van der Waals surface area contributed by atoms with Gasteiger partial charge >= 0.3 is 0 Å². The molecule has 1 aliphatic heterocycles. The highest BCUT2D eigenvalue weighted by Gasteiger charge is 2.66. The third-order valence-electron chi connectivity index (χ3n) is 6.88. The maximum absolute atomic E-state index is 13.7. The summed E-state index contributed by atoms with van der Waals surface area (Å²) >= 11 is 0. The molecule has 150 valence electrons. The van der Waals surface area contributed by atoms with Gasteiger partial charge < -0.3 is 9.47 Å². The molecule has 1 fully saturated rings. The Morgan fingerprint density at radius 3 is 2.71 bits per heavy atom. The molecule has 1 aromatic rings. The Labute approximate surface area is 166 Å². The van der Waals surface area contributed by atoms with E-state index in [2.05, 4.69) is 29.9 Å². The minimum absolute atomic E-state index is 0.0121. The van der Waals surface area contributed by atoms with Crippen molar-refractivity contribution in [3.05, 3.63) is 34.9 Å². The van der Waals surface area contributed by atoms with E-state index in [1.807, 2.05) is 6.92 Å². The van der Waals surface area contributed by atoms with Crippen molar-refractivity contribution in [3.8, 4) is 0 Å². The molecule has 1 heterocycles. The van der Waals surface area contributed by atoms with Gasteiger partial charge in [0.1, 0.15) is 0 Å². The predicted molar refractivity (Wildman–Crippen MR) is 109 cm³/mol. The lowest BCUT2D eigenvalue weighted by Crippen LogP contribution is -2.51. The Kier molecular flexibility index (Phi) is 4.88. The van der Waals surface area contributed by atoms with Crippen molar-refractivity contribution in [1.29, 1.82) is 0 Å². The van der Waals surface area contributed by atoms with Crippen LogP contribution in [0.4, 0.5) is 0 Å². The van der Waals surface area contributed by atoms with Gasteiger partial charge in [0.05, 0.1) is 12.7 Å². The van der Waals surface area contributed by atoms with Gasteiger partial charge in [-0.3, -0.25) is 9.69 Å². The molecule has 3 aliphatic rings. The molecule has 1 aromatic carbocycles. The van der Waals surface area contributed by atoms with Crippen LogP contribution in [0.5, 0.6) is 0 Å². The zero-order valence-corrected chi connectivity index (χ0v) is 17.0. The zero-order valence-electron chi connectivity index (χ0n) is 17.0. The fraction of sp³-hybridized carbons (Fsp3) is 0.591. The van der Waals surface area contributed by atoms with Crippen LogP contribution in [0.2, 0.25) is 0 Å². The fourth-order valence-corrected chi connectivity index (χ4v) is 5.39. The molecule has 0 saturated heterocycles. The minimum Gasteiger partial charge on any atom is -0.381 e. The molecule has 1 saturated carbocycles. The monoisotopic (exact) mass is 383 g/mol. The largest absolute Gasteiger partial charge is 0.381 e. The van der Waals surface area contributed by atoms with Gasteiger partial charge in [-0.25, -0.2) is 9.98 Å². The Hall–Kier alpha value is -2.05.